The summed E-state index contributed by atoms with van der Waals surface area (Å²) >= 11 is 0. The largest absolute Gasteiger partial charge is 0.396 e. The van der Waals surface area contributed by atoms with Gasteiger partial charge in [-0.2, -0.15) is 0 Å². The van der Waals surface area contributed by atoms with Crippen LogP contribution in [-0.4, -0.2) is 69.5 Å². The molecule has 4 aliphatic rings. The first kappa shape index (κ1) is 31.7. The first-order valence-electron chi connectivity index (χ1n) is 16.4. The topological polar surface area (TPSA) is 126 Å². The number of hydrogen-bond acceptors (Lipinski definition) is 7. The first-order chi connectivity index (χ1) is 18.8. The Bertz CT molecular complexity index is 742. The lowest BCUT2D eigenvalue weighted by molar-refractivity contribution is -0.227. The Hall–Kier alpha value is -0.280. The van der Waals surface area contributed by atoms with Gasteiger partial charge in [0.05, 0.1) is 18.3 Å². The highest BCUT2D eigenvalue weighted by atomic mass is 16.5. The van der Waals surface area contributed by atoms with Gasteiger partial charge >= 0.3 is 0 Å². The monoisotopic (exact) mass is 551 g/mol. The van der Waals surface area contributed by atoms with Crippen molar-refractivity contribution in [3.05, 3.63) is 0 Å². The molecule has 4 fully saturated rings. The van der Waals surface area contributed by atoms with Crippen molar-refractivity contribution in [2.24, 2.45) is 63.5 Å². The number of aliphatic hydroxyl groups excluding tert-OH is 1. The quantitative estimate of drug-likeness (QED) is 0.226. The number of aliphatic hydroxyl groups is 1. The van der Waals surface area contributed by atoms with E-state index in [0.717, 1.165) is 71.2 Å². The molecule has 0 heterocycles. The molecular weight excluding hydrogens is 490 g/mol. The standard InChI is InChI=1S/C32H61N3O4/c1-22(10-15-36)25-7-8-26-30-27(21-29(32(25,26)3)39-18-6-14-35)31(2)11-9-24(37-16-4-12-33)19-23(31)20-28(30)38-17-5-13-34/h22-30,36H,4-21,33-35H2,1-3H3/t22-,23?,24-,25?,26+,27+,28-,29+,30?,31?,32-/m1/s1. The van der Waals surface area contributed by atoms with Crippen molar-refractivity contribution in [3.8, 4) is 0 Å². The van der Waals surface area contributed by atoms with Crippen LogP contribution >= 0.6 is 0 Å². The third kappa shape index (κ3) is 6.40. The third-order valence-corrected chi connectivity index (χ3v) is 12.1. The van der Waals surface area contributed by atoms with Gasteiger partial charge in [0.25, 0.3) is 0 Å². The number of rotatable bonds is 15. The summed E-state index contributed by atoms with van der Waals surface area (Å²) in [4.78, 5) is 0. The van der Waals surface area contributed by atoms with E-state index in [1.807, 2.05) is 0 Å². The predicted molar refractivity (Wildman–Crippen MR) is 157 cm³/mol. The fourth-order valence-corrected chi connectivity index (χ4v) is 10.0. The Balaban J connectivity index is 1.64. The predicted octanol–water partition coefficient (Wildman–Crippen LogP) is 4.09. The molecule has 0 aliphatic heterocycles. The zero-order chi connectivity index (χ0) is 28.0. The zero-order valence-corrected chi connectivity index (χ0v) is 25.3. The molecular formula is C32H61N3O4. The van der Waals surface area contributed by atoms with E-state index in [0.29, 0.717) is 61.2 Å². The van der Waals surface area contributed by atoms with Crippen LogP contribution in [0.15, 0.2) is 0 Å². The van der Waals surface area contributed by atoms with Crippen molar-refractivity contribution in [1.29, 1.82) is 0 Å². The van der Waals surface area contributed by atoms with Crippen LogP contribution in [0.1, 0.15) is 91.4 Å². The average molecular weight is 552 g/mol. The number of hydrogen-bond donors (Lipinski definition) is 4. The van der Waals surface area contributed by atoms with Crippen molar-refractivity contribution in [1.82, 2.24) is 0 Å². The Morgan fingerprint density at radius 1 is 0.821 bits per heavy atom. The summed E-state index contributed by atoms with van der Waals surface area (Å²) < 4.78 is 20.0. The van der Waals surface area contributed by atoms with Crippen LogP contribution in [0.5, 0.6) is 0 Å². The van der Waals surface area contributed by atoms with Crippen LogP contribution in [0, 0.1) is 46.3 Å². The van der Waals surface area contributed by atoms with E-state index in [9.17, 15) is 5.11 Å². The first-order valence-corrected chi connectivity index (χ1v) is 16.4. The Morgan fingerprint density at radius 2 is 1.49 bits per heavy atom. The number of ether oxygens (including phenoxy) is 3. The highest BCUT2D eigenvalue weighted by molar-refractivity contribution is 5.15. The highest BCUT2D eigenvalue weighted by Gasteiger charge is 2.66. The van der Waals surface area contributed by atoms with E-state index in [1.165, 1.54) is 19.3 Å². The minimum absolute atomic E-state index is 0.103. The second-order valence-electron chi connectivity index (χ2n) is 14.0. The molecule has 7 N–H and O–H groups in total. The van der Waals surface area contributed by atoms with E-state index < -0.39 is 0 Å². The molecule has 7 heteroatoms. The molecule has 4 saturated carbocycles. The normalized spacial score (nSPS) is 42.5. The molecule has 39 heavy (non-hydrogen) atoms. The zero-order valence-electron chi connectivity index (χ0n) is 25.3. The van der Waals surface area contributed by atoms with Gasteiger partial charge in [-0.3, -0.25) is 0 Å². The summed E-state index contributed by atoms with van der Waals surface area (Å²) in [5, 5.41) is 9.83. The van der Waals surface area contributed by atoms with E-state index in [2.05, 4.69) is 20.8 Å². The van der Waals surface area contributed by atoms with Crippen LogP contribution in [0.3, 0.4) is 0 Å². The van der Waals surface area contributed by atoms with Crippen LogP contribution in [-0.2, 0) is 14.2 Å². The maximum absolute atomic E-state index is 9.83. The molecule has 0 spiro atoms. The van der Waals surface area contributed by atoms with Gasteiger partial charge in [0, 0.05) is 31.8 Å². The Morgan fingerprint density at radius 3 is 2.15 bits per heavy atom. The average Bonchev–Trinajstić information content (AvgIpc) is 3.28. The lowest BCUT2D eigenvalue weighted by Crippen LogP contribution is -2.63. The second-order valence-corrected chi connectivity index (χ2v) is 14.0. The van der Waals surface area contributed by atoms with E-state index in [4.69, 9.17) is 31.4 Å². The smallest absolute Gasteiger partial charge is 0.0637 e. The van der Waals surface area contributed by atoms with Gasteiger partial charge in [-0.15, -0.1) is 0 Å². The number of nitrogens with two attached hydrogens (primary N) is 3. The van der Waals surface area contributed by atoms with Crippen LogP contribution in [0.2, 0.25) is 0 Å². The SMILES string of the molecule is C[C@H](CCO)C1CC[C@H]2C3[C@H](OCCCN)CC4C[C@H](OCCCN)CCC4(C)[C@H]3C[C@H](OCCCN)[C@]12C. The molecule has 0 aromatic heterocycles. The van der Waals surface area contributed by atoms with Crippen molar-refractivity contribution in [2.75, 3.05) is 46.1 Å². The summed E-state index contributed by atoms with van der Waals surface area (Å²) in [6, 6.07) is 0. The highest BCUT2D eigenvalue weighted by Crippen LogP contribution is 2.69. The van der Waals surface area contributed by atoms with E-state index in [-0.39, 0.29) is 29.6 Å². The molecule has 11 atom stereocenters. The van der Waals surface area contributed by atoms with Crippen LogP contribution in [0.4, 0.5) is 0 Å². The molecule has 0 aromatic carbocycles. The van der Waals surface area contributed by atoms with Gasteiger partial charge < -0.3 is 36.5 Å². The van der Waals surface area contributed by atoms with E-state index in [1.54, 1.807) is 0 Å². The third-order valence-electron chi connectivity index (χ3n) is 12.1. The molecule has 228 valence electrons. The van der Waals surface area contributed by atoms with Gasteiger partial charge in [-0.05, 0) is 131 Å². The lowest BCUT2D eigenvalue weighted by atomic mass is 9.43. The maximum atomic E-state index is 9.83. The Kier molecular flexibility index (Phi) is 11.6. The molecule has 0 saturated heterocycles. The molecule has 4 rings (SSSR count). The van der Waals surface area contributed by atoms with Gasteiger partial charge in [-0.1, -0.05) is 20.8 Å². The van der Waals surface area contributed by atoms with Gasteiger partial charge in [0.2, 0.25) is 0 Å². The molecule has 4 aliphatic carbocycles. The van der Waals surface area contributed by atoms with Crippen molar-refractivity contribution in [3.63, 3.8) is 0 Å². The van der Waals surface area contributed by atoms with Crippen molar-refractivity contribution >= 4 is 0 Å². The maximum Gasteiger partial charge on any atom is 0.0637 e. The van der Waals surface area contributed by atoms with Gasteiger partial charge in [0.1, 0.15) is 0 Å². The molecule has 0 radical (unpaired) electrons. The Labute approximate surface area is 238 Å². The fourth-order valence-electron chi connectivity index (χ4n) is 10.0. The van der Waals surface area contributed by atoms with Crippen LogP contribution in [0.25, 0.3) is 0 Å². The summed E-state index contributed by atoms with van der Waals surface area (Å²) in [7, 11) is 0. The van der Waals surface area contributed by atoms with Crippen molar-refractivity contribution < 1.29 is 19.3 Å². The fraction of sp³-hybridized carbons (Fsp3) is 1.00. The minimum atomic E-state index is 0.103. The number of fused-ring (bicyclic) bond motifs is 5. The summed E-state index contributed by atoms with van der Waals surface area (Å²) in [6.07, 6.45) is 12.8. The molecule has 0 aromatic rings. The van der Waals surface area contributed by atoms with Crippen molar-refractivity contribution in [2.45, 2.75) is 110 Å². The summed E-state index contributed by atoms with van der Waals surface area (Å²) in [6.45, 7) is 12.1. The molecule has 7 nitrogen and oxygen atoms in total. The summed E-state index contributed by atoms with van der Waals surface area (Å²) in [5.74, 6) is 3.41. The van der Waals surface area contributed by atoms with Gasteiger partial charge in [-0.25, -0.2) is 0 Å². The molecule has 0 bridgehead atoms. The second kappa shape index (κ2) is 14.3. The van der Waals surface area contributed by atoms with E-state index >= 15 is 0 Å². The molecule has 4 unspecified atom stereocenters. The minimum Gasteiger partial charge on any atom is -0.396 e. The lowest BCUT2D eigenvalue weighted by Gasteiger charge is -2.65. The van der Waals surface area contributed by atoms with Gasteiger partial charge in [0.15, 0.2) is 0 Å². The van der Waals surface area contributed by atoms with Crippen LogP contribution < -0.4 is 17.2 Å². The summed E-state index contributed by atoms with van der Waals surface area (Å²) in [5.41, 5.74) is 17.9. The molecule has 0 amide bonds.